The average Bonchev–Trinajstić information content (AvgIpc) is 3.35. The number of carbonyl (C=O) groups is 1. The highest BCUT2D eigenvalue weighted by molar-refractivity contribution is 5.92. The fraction of sp³-hybridized carbons (Fsp3) is 0.308. The van der Waals surface area contributed by atoms with Crippen LogP contribution in [0.2, 0.25) is 0 Å². The Labute approximate surface area is 193 Å². The van der Waals surface area contributed by atoms with E-state index in [1.807, 2.05) is 49.5 Å². The van der Waals surface area contributed by atoms with Gasteiger partial charge in [0.05, 0.1) is 25.9 Å². The van der Waals surface area contributed by atoms with E-state index in [0.717, 1.165) is 28.9 Å². The number of benzene rings is 2. The molecular formula is C26H28N2O5. The van der Waals surface area contributed by atoms with Gasteiger partial charge in [-0.25, -0.2) is 4.79 Å². The second-order valence-corrected chi connectivity index (χ2v) is 7.85. The molecule has 7 heteroatoms. The van der Waals surface area contributed by atoms with Crippen molar-refractivity contribution in [3.63, 3.8) is 0 Å². The van der Waals surface area contributed by atoms with E-state index in [0.29, 0.717) is 43.2 Å². The van der Waals surface area contributed by atoms with Gasteiger partial charge in [0, 0.05) is 42.8 Å². The summed E-state index contributed by atoms with van der Waals surface area (Å²) in [5, 5.41) is 9.76. The summed E-state index contributed by atoms with van der Waals surface area (Å²) in [6.45, 7) is 3.72. The Morgan fingerprint density at radius 1 is 1.21 bits per heavy atom. The first-order valence-corrected chi connectivity index (χ1v) is 11.0. The molecule has 1 atom stereocenters. The molecule has 7 nitrogen and oxygen atoms in total. The lowest BCUT2D eigenvalue weighted by molar-refractivity contribution is 0.0695. The molecule has 0 aliphatic carbocycles. The van der Waals surface area contributed by atoms with Crippen molar-refractivity contribution in [3.05, 3.63) is 77.6 Å². The van der Waals surface area contributed by atoms with Gasteiger partial charge in [0.2, 0.25) is 0 Å². The van der Waals surface area contributed by atoms with Crippen LogP contribution in [0.1, 0.15) is 34.8 Å². The Morgan fingerprint density at radius 3 is 2.76 bits per heavy atom. The molecule has 2 heterocycles. The van der Waals surface area contributed by atoms with Crippen LogP contribution in [0.4, 0.5) is 11.4 Å². The van der Waals surface area contributed by atoms with Gasteiger partial charge in [-0.15, -0.1) is 0 Å². The molecule has 2 aromatic carbocycles. The van der Waals surface area contributed by atoms with Crippen LogP contribution in [-0.2, 0) is 17.7 Å². The van der Waals surface area contributed by atoms with Crippen LogP contribution in [-0.4, -0.2) is 42.5 Å². The highest BCUT2D eigenvalue weighted by Crippen LogP contribution is 2.38. The van der Waals surface area contributed by atoms with Crippen LogP contribution in [0, 0.1) is 0 Å². The number of carboxylic acids is 1. The number of rotatable bonds is 9. The highest BCUT2D eigenvalue weighted by atomic mass is 16.6. The molecular weight excluding hydrogens is 420 g/mol. The minimum Gasteiger partial charge on any atom is -0.493 e. The van der Waals surface area contributed by atoms with E-state index in [-0.39, 0.29) is 6.10 Å². The van der Waals surface area contributed by atoms with E-state index in [4.69, 9.17) is 14.2 Å². The van der Waals surface area contributed by atoms with E-state index in [9.17, 15) is 9.90 Å². The van der Waals surface area contributed by atoms with Gasteiger partial charge in [0.15, 0.2) is 11.5 Å². The number of hydrogen-bond acceptors (Lipinski definition) is 6. The monoisotopic (exact) mass is 448 g/mol. The van der Waals surface area contributed by atoms with Crippen molar-refractivity contribution in [1.82, 2.24) is 4.98 Å². The molecule has 1 aromatic heterocycles. The van der Waals surface area contributed by atoms with Crippen molar-refractivity contribution in [1.29, 1.82) is 0 Å². The summed E-state index contributed by atoms with van der Waals surface area (Å²) in [6, 6.07) is 15.1. The zero-order valence-electron chi connectivity index (χ0n) is 18.9. The first-order chi connectivity index (χ1) is 16.1. The van der Waals surface area contributed by atoms with Gasteiger partial charge in [0.25, 0.3) is 0 Å². The van der Waals surface area contributed by atoms with Crippen molar-refractivity contribution < 1.29 is 24.1 Å². The number of hydrogen-bond donors (Lipinski definition) is 1. The van der Waals surface area contributed by atoms with E-state index < -0.39 is 5.97 Å². The first-order valence-electron chi connectivity index (χ1n) is 11.0. The number of methoxy groups -OCH3 is 1. The number of aromatic nitrogens is 1. The minimum atomic E-state index is -0.935. The van der Waals surface area contributed by atoms with Gasteiger partial charge < -0.3 is 24.2 Å². The van der Waals surface area contributed by atoms with E-state index >= 15 is 0 Å². The molecule has 1 unspecified atom stereocenters. The van der Waals surface area contributed by atoms with Gasteiger partial charge >= 0.3 is 5.97 Å². The second-order valence-electron chi connectivity index (χ2n) is 7.85. The van der Waals surface area contributed by atoms with Crippen LogP contribution in [0.15, 0.2) is 60.9 Å². The van der Waals surface area contributed by atoms with Crippen LogP contribution < -0.4 is 14.4 Å². The molecule has 4 rings (SSSR count). The molecule has 172 valence electrons. The predicted molar refractivity (Wildman–Crippen MR) is 126 cm³/mol. The van der Waals surface area contributed by atoms with Gasteiger partial charge in [-0.2, -0.15) is 0 Å². The number of ether oxygens (including phenoxy) is 3. The average molecular weight is 449 g/mol. The summed E-state index contributed by atoms with van der Waals surface area (Å²) < 4.78 is 17.2. The zero-order chi connectivity index (χ0) is 23.2. The fourth-order valence-corrected chi connectivity index (χ4v) is 4.10. The van der Waals surface area contributed by atoms with Crippen molar-refractivity contribution in [2.75, 3.05) is 25.2 Å². The lowest BCUT2D eigenvalue weighted by Gasteiger charge is -2.29. The summed E-state index contributed by atoms with van der Waals surface area (Å²) in [5.41, 5.74) is 3.78. The summed E-state index contributed by atoms with van der Waals surface area (Å²) >= 11 is 0. The summed E-state index contributed by atoms with van der Waals surface area (Å²) in [7, 11) is 1.62. The Balaban J connectivity index is 1.80. The topological polar surface area (TPSA) is 81.1 Å². The van der Waals surface area contributed by atoms with Crippen LogP contribution in [0.5, 0.6) is 11.5 Å². The third-order valence-corrected chi connectivity index (χ3v) is 5.73. The molecule has 1 saturated heterocycles. The molecule has 3 aromatic rings. The SMILES string of the molecule is CCc1c(C(=O)O)cccc1N(Cc1cccnc1)c1ccc(OC)c(OC2CCOC2)c1. The number of nitrogens with zero attached hydrogens (tertiary/aromatic N) is 2. The van der Waals surface area contributed by atoms with Crippen LogP contribution in [0.25, 0.3) is 0 Å². The standard InChI is InChI=1S/C26H28N2O5/c1-3-21-22(26(29)30)7-4-8-23(21)28(16-18-6-5-12-27-15-18)19-9-10-24(31-2)25(14-19)33-20-11-13-32-17-20/h4-10,12,14-15,20H,3,11,13,16-17H2,1-2H3,(H,29,30). The molecule has 0 spiro atoms. The van der Waals surface area contributed by atoms with Crippen LogP contribution in [0.3, 0.4) is 0 Å². The van der Waals surface area contributed by atoms with Crippen LogP contribution >= 0.6 is 0 Å². The second kappa shape index (κ2) is 10.4. The Hall–Kier alpha value is -3.58. The van der Waals surface area contributed by atoms with Gasteiger partial charge in [-0.3, -0.25) is 4.98 Å². The Morgan fingerprint density at radius 2 is 2.09 bits per heavy atom. The number of pyridine rings is 1. The molecule has 1 fully saturated rings. The number of aromatic carboxylic acids is 1. The van der Waals surface area contributed by atoms with Crippen molar-refractivity contribution in [2.45, 2.75) is 32.4 Å². The van der Waals surface area contributed by atoms with Crippen molar-refractivity contribution >= 4 is 17.3 Å². The largest absolute Gasteiger partial charge is 0.493 e. The number of anilines is 2. The smallest absolute Gasteiger partial charge is 0.336 e. The zero-order valence-corrected chi connectivity index (χ0v) is 18.9. The van der Waals surface area contributed by atoms with E-state index in [1.165, 1.54) is 0 Å². The molecule has 0 amide bonds. The van der Waals surface area contributed by atoms with Gasteiger partial charge in [-0.05, 0) is 47.9 Å². The summed E-state index contributed by atoms with van der Waals surface area (Å²) in [4.78, 5) is 18.2. The normalized spacial score (nSPS) is 15.3. The Kier molecular flexibility index (Phi) is 7.10. The van der Waals surface area contributed by atoms with Crippen molar-refractivity contribution in [3.8, 4) is 11.5 Å². The third-order valence-electron chi connectivity index (χ3n) is 5.73. The van der Waals surface area contributed by atoms with Gasteiger partial charge in [-0.1, -0.05) is 19.1 Å². The number of carboxylic acid groups (broad SMARTS) is 1. The maximum absolute atomic E-state index is 11.9. The van der Waals surface area contributed by atoms with Gasteiger partial charge in [0.1, 0.15) is 6.10 Å². The molecule has 33 heavy (non-hydrogen) atoms. The maximum Gasteiger partial charge on any atom is 0.336 e. The lowest BCUT2D eigenvalue weighted by Crippen LogP contribution is -2.20. The first kappa shape index (κ1) is 22.6. The summed E-state index contributed by atoms with van der Waals surface area (Å²) in [6.07, 6.45) is 4.94. The molecule has 0 radical (unpaired) electrons. The molecule has 1 aliphatic rings. The lowest BCUT2D eigenvalue weighted by atomic mass is 10.0. The molecule has 0 bridgehead atoms. The molecule has 0 saturated carbocycles. The fourth-order valence-electron chi connectivity index (χ4n) is 4.10. The third kappa shape index (κ3) is 5.09. The molecule has 1 aliphatic heterocycles. The van der Waals surface area contributed by atoms with Crippen molar-refractivity contribution in [2.24, 2.45) is 0 Å². The molecule has 1 N–H and O–H groups in total. The maximum atomic E-state index is 11.9. The highest BCUT2D eigenvalue weighted by Gasteiger charge is 2.22. The quantitative estimate of drug-likeness (QED) is 0.501. The van der Waals surface area contributed by atoms with E-state index in [2.05, 4.69) is 9.88 Å². The summed E-state index contributed by atoms with van der Waals surface area (Å²) in [5.74, 6) is 0.339. The predicted octanol–water partition coefficient (Wildman–Crippen LogP) is 4.86. The Bertz CT molecular complexity index is 1100. The van der Waals surface area contributed by atoms with E-state index in [1.54, 1.807) is 25.4 Å². The minimum absolute atomic E-state index is 0.0255.